The maximum atomic E-state index is 13.6. The van der Waals surface area contributed by atoms with Crippen LogP contribution in [0.2, 0.25) is 0 Å². The maximum absolute atomic E-state index is 13.6. The summed E-state index contributed by atoms with van der Waals surface area (Å²) in [7, 11) is 2.90. The number of aromatic nitrogens is 4. The number of imidazole rings is 2. The van der Waals surface area contributed by atoms with Crippen LogP contribution in [-0.2, 0) is 9.59 Å². The van der Waals surface area contributed by atoms with Crippen molar-refractivity contribution >= 4 is 24.0 Å². The first-order valence-corrected chi connectivity index (χ1v) is 19.4. The smallest absolute Gasteiger partial charge is 0.407 e. The number of carbonyl (C=O) groups is 4. The number of carboxylic acid groups (broad SMARTS) is 2. The molecule has 2 aromatic heterocycles. The van der Waals surface area contributed by atoms with E-state index in [1.54, 1.807) is 0 Å². The maximum Gasteiger partial charge on any atom is 0.407 e. The number of hydrogen-bond donors (Lipinski definition) is 4. The Bertz CT molecular complexity index is 2070. The summed E-state index contributed by atoms with van der Waals surface area (Å²) in [5.74, 6) is 8.42. The number of piperidine rings is 2. The van der Waals surface area contributed by atoms with E-state index in [1.807, 2.05) is 84.6 Å². The van der Waals surface area contributed by atoms with Gasteiger partial charge < -0.3 is 30.0 Å². The van der Waals surface area contributed by atoms with Crippen molar-refractivity contribution in [3.05, 3.63) is 83.7 Å². The molecule has 4 fully saturated rings. The van der Waals surface area contributed by atoms with Gasteiger partial charge in [-0.1, -0.05) is 50.0 Å². The lowest BCUT2D eigenvalue weighted by molar-refractivity contribution is -0.139. The van der Waals surface area contributed by atoms with Crippen molar-refractivity contribution in [2.24, 2.45) is 11.8 Å². The minimum absolute atomic E-state index is 0.136. The molecule has 0 spiro atoms. The minimum atomic E-state index is -1.12. The average molecular weight is 759 g/mol. The lowest BCUT2D eigenvalue weighted by Gasteiger charge is -2.32. The molecule has 4 aromatic rings. The Kier molecular flexibility index (Phi) is 9.56. The summed E-state index contributed by atoms with van der Waals surface area (Å²) in [6.07, 6.45) is 5.79. The molecular weight excluding hydrogens is 713 g/mol. The largest absolute Gasteiger partial charge is 0.465 e. The van der Waals surface area contributed by atoms with Crippen molar-refractivity contribution in [2.45, 2.75) is 88.6 Å². The molecule has 290 valence electrons. The van der Waals surface area contributed by atoms with E-state index in [9.17, 15) is 29.4 Å². The number of nitrogens with one attached hydrogen (secondary N) is 2. The van der Waals surface area contributed by atoms with E-state index >= 15 is 0 Å². The Morgan fingerprint density at radius 1 is 0.679 bits per heavy atom. The van der Waals surface area contributed by atoms with Gasteiger partial charge in [0.1, 0.15) is 23.7 Å². The van der Waals surface area contributed by atoms with Crippen LogP contribution < -0.4 is 0 Å². The topological polar surface area (TPSA) is 179 Å². The predicted octanol–water partition coefficient (Wildman–Crippen LogP) is 5.97. The molecule has 14 nitrogen and oxygen atoms in total. The molecule has 0 bridgehead atoms. The van der Waals surface area contributed by atoms with E-state index in [-0.39, 0.29) is 36.0 Å². The quantitative estimate of drug-likeness (QED) is 0.143. The Morgan fingerprint density at radius 2 is 1.05 bits per heavy atom. The van der Waals surface area contributed by atoms with Gasteiger partial charge in [-0.2, -0.15) is 0 Å². The number of carbonyl (C=O) groups excluding carboxylic acids is 2. The van der Waals surface area contributed by atoms with Gasteiger partial charge in [0.2, 0.25) is 11.8 Å². The van der Waals surface area contributed by atoms with Crippen molar-refractivity contribution in [2.75, 3.05) is 14.1 Å². The summed E-state index contributed by atoms with van der Waals surface area (Å²) < 4.78 is 0. The van der Waals surface area contributed by atoms with Crippen LogP contribution in [0.1, 0.15) is 87.2 Å². The van der Waals surface area contributed by atoms with Crippen molar-refractivity contribution in [3.8, 4) is 34.4 Å². The second kappa shape index (κ2) is 14.5. The van der Waals surface area contributed by atoms with Crippen molar-refractivity contribution in [1.82, 2.24) is 39.5 Å². The van der Waals surface area contributed by atoms with Crippen LogP contribution in [-0.4, -0.2) is 112 Å². The molecule has 2 aromatic carbocycles. The van der Waals surface area contributed by atoms with Gasteiger partial charge in [0, 0.05) is 60.8 Å². The zero-order valence-electron chi connectivity index (χ0n) is 31.8. The highest BCUT2D eigenvalue weighted by Gasteiger charge is 2.57. The second-order valence-corrected chi connectivity index (χ2v) is 15.5. The highest BCUT2D eigenvalue weighted by molar-refractivity contribution is 5.87. The molecule has 14 heteroatoms. The standard InChI is InChI=1S/C42H46N8O6/c1-5-31(47(3)41(53)54)39(51)49-33-17-27(33)19-35(49)37-43-21-29(45-37)25-13-9-23(10-14-25)7-8-24-11-15-26(16-12-24)30-22-44-38(46-30)36-20-28-18-34(28)50(36)40(52)32(6-2)48(4)42(55)56/h9-16,21-22,27-28,31-36H,5-6,17-20H2,1-4H3,(H,43,45)(H,44,46)(H,53,54)(H,55,56)/t27-,28-,31+,32+,33-,34-,35+,36+/m1/s1. The molecule has 0 unspecified atom stereocenters. The fraction of sp³-hybridized carbons (Fsp3) is 0.429. The lowest BCUT2D eigenvalue weighted by Crippen LogP contribution is -2.49. The van der Waals surface area contributed by atoms with Gasteiger partial charge in [0.05, 0.1) is 23.5 Å². The van der Waals surface area contributed by atoms with Crippen LogP contribution >= 0.6 is 0 Å². The van der Waals surface area contributed by atoms with Crippen molar-refractivity contribution < 1.29 is 29.4 Å². The first-order valence-electron chi connectivity index (χ1n) is 19.4. The summed E-state index contributed by atoms with van der Waals surface area (Å²) in [5, 5.41) is 19.0. The number of nitrogens with zero attached hydrogens (tertiary/aromatic N) is 6. The summed E-state index contributed by atoms with van der Waals surface area (Å²) in [5.41, 5.74) is 5.05. The van der Waals surface area contributed by atoms with E-state index in [0.29, 0.717) is 36.3 Å². The predicted molar refractivity (Wildman–Crippen MR) is 206 cm³/mol. The Balaban J connectivity index is 0.907. The van der Waals surface area contributed by atoms with E-state index in [0.717, 1.165) is 69.1 Å². The molecular formula is C42H46N8O6. The minimum Gasteiger partial charge on any atom is -0.465 e. The van der Waals surface area contributed by atoms with Gasteiger partial charge in [-0.15, -0.1) is 0 Å². The highest BCUT2D eigenvalue weighted by Crippen LogP contribution is 2.54. The summed E-state index contributed by atoms with van der Waals surface area (Å²) in [6.45, 7) is 3.66. The molecule has 56 heavy (non-hydrogen) atoms. The molecule has 4 heterocycles. The monoisotopic (exact) mass is 758 g/mol. The van der Waals surface area contributed by atoms with Crippen LogP contribution in [0, 0.1) is 23.7 Å². The third kappa shape index (κ3) is 6.75. The fourth-order valence-corrected chi connectivity index (χ4v) is 8.78. The Hall–Kier alpha value is -6.10. The van der Waals surface area contributed by atoms with E-state index in [2.05, 4.69) is 21.8 Å². The average Bonchev–Trinajstić information content (AvgIpc) is 3.79. The molecule has 8 rings (SSSR count). The Labute approximate surface area is 324 Å². The SMILES string of the molecule is CC[C@@H](C(=O)N1[C@@H]2C[C@@H]2C[C@H]1c1nc(-c2ccc(C#Cc3ccc(-c4c[nH]c([C@@H]5C[C@H]6C[C@H]6N5C(=O)[C@H](CC)N(C)C(=O)O)n4)cc3)cc2)c[nH]1)N(C)C(=O)O. The van der Waals surface area contributed by atoms with Crippen LogP contribution in [0.15, 0.2) is 60.9 Å². The summed E-state index contributed by atoms with van der Waals surface area (Å²) in [4.78, 5) is 72.7. The van der Waals surface area contributed by atoms with Gasteiger partial charge in [-0.05, 0) is 74.6 Å². The van der Waals surface area contributed by atoms with Gasteiger partial charge >= 0.3 is 12.2 Å². The number of benzene rings is 2. The molecule has 8 atom stereocenters. The number of H-pyrrole nitrogens is 2. The molecule has 2 aliphatic carbocycles. The molecule has 4 aliphatic rings. The molecule has 0 radical (unpaired) electrons. The number of likely N-dealkylation sites (N-methyl/N-ethyl adjacent to an activating group) is 2. The molecule has 4 amide bonds. The van der Waals surface area contributed by atoms with Crippen LogP contribution in [0.5, 0.6) is 0 Å². The van der Waals surface area contributed by atoms with Gasteiger partial charge in [-0.3, -0.25) is 19.4 Å². The van der Waals surface area contributed by atoms with Gasteiger partial charge in [0.15, 0.2) is 0 Å². The number of amides is 4. The molecule has 2 saturated heterocycles. The zero-order chi connectivity index (χ0) is 39.4. The molecule has 2 saturated carbocycles. The van der Waals surface area contributed by atoms with Crippen molar-refractivity contribution in [3.63, 3.8) is 0 Å². The Morgan fingerprint density at radius 3 is 1.39 bits per heavy atom. The van der Waals surface area contributed by atoms with Gasteiger partial charge in [-0.25, -0.2) is 19.6 Å². The van der Waals surface area contributed by atoms with Crippen LogP contribution in [0.3, 0.4) is 0 Å². The molecule has 2 aliphatic heterocycles. The van der Waals surface area contributed by atoms with Gasteiger partial charge in [0.25, 0.3) is 0 Å². The first kappa shape index (κ1) is 36.9. The van der Waals surface area contributed by atoms with Crippen LogP contribution in [0.4, 0.5) is 9.59 Å². The number of rotatable bonds is 10. The van der Waals surface area contributed by atoms with E-state index < -0.39 is 24.3 Å². The number of aromatic amines is 2. The zero-order valence-corrected chi connectivity index (χ0v) is 31.8. The van der Waals surface area contributed by atoms with E-state index in [4.69, 9.17) is 9.97 Å². The van der Waals surface area contributed by atoms with Crippen molar-refractivity contribution in [1.29, 1.82) is 0 Å². The third-order valence-corrected chi connectivity index (χ3v) is 12.1. The lowest BCUT2D eigenvalue weighted by atomic mass is 10.1. The fourth-order valence-electron chi connectivity index (χ4n) is 8.78. The molecule has 4 N–H and O–H groups in total. The third-order valence-electron chi connectivity index (χ3n) is 12.1. The van der Waals surface area contributed by atoms with Crippen LogP contribution in [0.25, 0.3) is 22.5 Å². The number of likely N-dealkylation sites (tertiary alicyclic amines) is 2. The first-order chi connectivity index (χ1) is 27.0. The normalized spacial score (nSPS) is 24.0. The van der Waals surface area contributed by atoms with E-state index in [1.165, 1.54) is 14.1 Å². The highest BCUT2D eigenvalue weighted by atomic mass is 16.4. The number of hydrogen-bond acceptors (Lipinski definition) is 6. The summed E-state index contributed by atoms with van der Waals surface area (Å²) in [6, 6.07) is 14.1. The number of fused-ring (bicyclic) bond motifs is 2. The second-order valence-electron chi connectivity index (χ2n) is 15.5. The summed E-state index contributed by atoms with van der Waals surface area (Å²) >= 11 is 0.